The van der Waals surface area contributed by atoms with Gasteiger partial charge in [0.25, 0.3) is 0 Å². The molecule has 0 amide bonds. The first-order valence-corrected chi connectivity index (χ1v) is 6.07. The first-order chi connectivity index (χ1) is 9.22. The van der Waals surface area contributed by atoms with Crippen molar-refractivity contribution < 1.29 is 13.5 Å². The van der Waals surface area contributed by atoms with Crippen LogP contribution in [0.1, 0.15) is 12.8 Å². The molecule has 0 radical (unpaired) electrons. The number of anilines is 1. The van der Waals surface area contributed by atoms with Gasteiger partial charge in [-0.25, -0.2) is 4.98 Å². The largest absolute Gasteiger partial charge is 0.435 e. The van der Waals surface area contributed by atoms with Crippen molar-refractivity contribution in [2.24, 2.45) is 0 Å². The van der Waals surface area contributed by atoms with Gasteiger partial charge in [-0.3, -0.25) is 4.57 Å². The van der Waals surface area contributed by atoms with Crippen molar-refractivity contribution in [1.29, 1.82) is 0 Å². The number of benzene rings is 1. The maximum Gasteiger partial charge on any atom is 0.387 e. The summed E-state index contributed by atoms with van der Waals surface area (Å²) in [7, 11) is 0. The Bertz CT molecular complexity index is 549. The van der Waals surface area contributed by atoms with Crippen molar-refractivity contribution in [1.82, 2.24) is 9.55 Å². The van der Waals surface area contributed by atoms with Gasteiger partial charge in [0.05, 0.1) is 0 Å². The average molecular weight is 265 g/mol. The van der Waals surface area contributed by atoms with E-state index in [0.29, 0.717) is 6.04 Å². The third-order valence-corrected chi connectivity index (χ3v) is 2.89. The highest BCUT2D eigenvalue weighted by molar-refractivity contribution is 5.45. The Kier molecular flexibility index (Phi) is 3.06. The van der Waals surface area contributed by atoms with Gasteiger partial charge in [0.2, 0.25) is 5.95 Å². The monoisotopic (exact) mass is 265 g/mol. The molecule has 1 aromatic carbocycles. The molecule has 1 aromatic heterocycles. The van der Waals surface area contributed by atoms with E-state index < -0.39 is 6.61 Å². The molecule has 100 valence electrons. The van der Waals surface area contributed by atoms with Crippen LogP contribution in [0.15, 0.2) is 36.7 Å². The fourth-order valence-corrected chi connectivity index (χ4v) is 1.82. The highest BCUT2D eigenvalue weighted by atomic mass is 19.3. The van der Waals surface area contributed by atoms with Crippen molar-refractivity contribution in [2.45, 2.75) is 25.5 Å². The molecule has 0 bridgehead atoms. The third kappa shape index (κ3) is 2.83. The molecule has 0 aliphatic heterocycles. The Hall–Kier alpha value is -2.11. The summed E-state index contributed by atoms with van der Waals surface area (Å²) in [4.78, 5) is 4.24. The van der Waals surface area contributed by atoms with E-state index in [1.54, 1.807) is 18.3 Å². The Morgan fingerprint density at radius 1 is 1.26 bits per heavy atom. The Labute approximate surface area is 109 Å². The molecule has 1 heterocycles. The van der Waals surface area contributed by atoms with Crippen molar-refractivity contribution in [3.05, 3.63) is 36.7 Å². The predicted molar refractivity (Wildman–Crippen MR) is 66.8 cm³/mol. The SMILES string of the molecule is FC(F)Oc1ccc(-n2ccnc2NC2CC2)cc1. The summed E-state index contributed by atoms with van der Waals surface area (Å²) in [6.45, 7) is -2.80. The third-order valence-electron chi connectivity index (χ3n) is 2.89. The molecule has 19 heavy (non-hydrogen) atoms. The molecule has 0 unspecified atom stereocenters. The van der Waals surface area contributed by atoms with Gasteiger partial charge >= 0.3 is 6.61 Å². The molecule has 6 heteroatoms. The number of halogens is 2. The number of alkyl halides is 2. The van der Waals surface area contributed by atoms with Crippen LogP contribution in [0, 0.1) is 0 Å². The number of hydrogen-bond acceptors (Lipinski definition) is 3. The summed E-state index contributed by atoms with van der Waals surface area (Å²) in [5, 5.41) is 3.31. The minimum atomic E-state index is -2.80. The lowest BCUT2D eigenvalue weighted by atomic mass is 10.3. The van der Waals surface area contributed by atoms with Crippen molar-refractivity contribution in [2.75, 3.05) is 5.32 Å². The molecule has 0 atom stereocenters. The Morgan fingerprint density at radius 2 is 2.00 bits per heavy atom. The van der Waals surface area contributed by atoms with Gasteiger partial charge in [-0.15, -0.1) is 0 Å². The standard InChI is InChI=1S/C13H13F2N3O/c14-12(15)19-11-5-3-10(4-6-11)18-8-7-16-13(18)17-9-1-2-9/h3-9,12H,1-2H2,(H,16,17). The maximum absolute atomic E-state index is 12.1. The van der Waals surface area contributed by atoms with Crippen LogP contribution in [-0.2, 0) is 0 Å². The molecule has 3 rings (SSSR count). The van der Waals surface area contributed by atoms with Crippen LogP contribution in [0.4, 0.5) is 14.7 Å². The van der Waals surface area contributed by atoms with Crippen LogP contribution >= 0.6 is 0 Å². The molecular formula is C13H13F2N3O. The van der Waals surface area contributed by atoms with E-state index in [9.17, 15) is 8.78 Å². The number of aromatic nitrogens is 2. The normalized spacial score (nSPS) is 14.7. The molecule has 4 nitrogen and oxygen atoms in total. The van der Waals surface area contributed by atoms with E-state index in [0.717, 1.165) is 24.5 Å². The van der Waals surface area contributed by atoms with E-state index in [1.165, 1.54) is 12.1 Å². The van der Waals surface area contributed by atoms with Crippen LogP contribution in [0.3, 0.4) is 0 Å². The van der Waals surface area contributed by atoms with Crippen LogP contribution in [0.25, 0.3) is 5.69 Å². The lowest BCUT2D eigenvalue weighted by molar-refractivity contribution is -0.0498. The summed E-state index contributed by atoms with van der Waals surface area (Å²) in [5.41, 5.74) is 0.849. The summed E-state index contributed by atoms with van der Waals surface area (Å²) in [6, 6.07) is 6.97. The van der Waals surface area contributed by atoms with E-state index in [2.05, 4.69) is 15.0 Å². The first kappa shape index (κ1) is 12.0. The number of nitrogens with zero attached hydrogens (tertiary/aromatic N) is 2. The number of hydrogen-bond donors (Lipinski definition) is 1. The topological polar surface area (TPSA) is 39.1 Å². The van der Waals surface area contributed by atoms with Crippen LogP contribution in [0.5, 0.6) is 5.75 Å². The maximum atomic E-state index is 12.1. The second-order valence-corrected chi connectivity index (χ2v) is 4.41. The van der Waals surface area contributed by atoms with Gasteiger partial charge in [0.15, 0.2) is 0 Å². The van der Waals surface area contributed by atoms with Crippen LogP contribution in [0.2, 0.25) is 0 Å². The number of nitrogens with one attached hydrogen (secondary N) is 1. The van der Waals surface area contributed by atoms with E-state index in [4.69, 9.17) is 0 Å². The highest BCUT2D eigenvalue weighted by Crippen LogP contribution is 2.26. The van der Waals surface area contributed by atoms with Gasteiger partial charge in [0.1, 0.15) is 5.75 Å². The van der Waals surface area contributed by atoms with Gasteiger partial charge in [-0.2, -0.15) is 8.78 Å². The first-order valence-electron chi connectivity index (χ1n) is 6.07. The summed E-state index contributed by atoms with van der Waals surface area (Å²) in [6.07, 6.45) is 5.85. The zero-order chi connectivity index (χ0) is 13.2. The van der Waals surface area contributed by atoms with Gasteiger partial charge in [-0.05, 0) is 37.1 Å². The van der Waals surface area contributed by atoms with Gasteiger partial charge in [-0.1, -0.05) is 0 Å². The fourth-order valence-electron chi connectivity index (χ4n) is 1.82. The van der Waals surface area contributed by atoms with Crippen LogP contribution < -0.4 is 10.1 Å². The van der Waals surface area contributed by atoms with E-state index >= 15 is 0 Å². The minimum absolute atomic E-state index is 0.149. The molecule has 1 N–H and O–H groups in total. The smallest absolute Gasteiger partial charge is 0.387 e. The number of imidazole rings is 1. The van der Waals surface area contributed by atoms with Crippen molar-refractivity contribution in [3.8, 4) is 11.4 Å². The average Bonchev–Trinajstić information content (AvgIpc) is 3.07. The Morgan fingerprint density at radius 3 is 2.63 bits per heavy atom. The summed E-state index contributed by atoms with van der Waals surface area (Å²) >= 11 is 0. The quantitative estimate of drug-likeness (QED) is 0.903. The minimum Gasteiger partial charge on any atom is -0.435 e. The Balaban J connectivity index is 1.79. The molecule has 1 saturated carbocycles. The van der Waals surface area contributed by atoms with Gasteiger partial charge < -0.3 is 10.1 Å². The fraction of sp³-hybridized carbons (Fsp3) is 0.308. The zero-order valence-electron chi connectivity index (χ0n) is 10.1. The molecule has 0 saturated heterocycles. The predicted octanol–water partition coefficient (Wildman–Crippen LogP) is 3.05. The molecule has 0 spiro atoms. The van der Waals surface area contributed by atoms with Crippen LogP contribution in [-0.4, -0.2) is 22.2 Å². The lowest BCUT2D eigenvalue weighted by Gasteiger charge is -2.10. The van der Waals surface area contributed by atoms with Crippen molar-refractivity contribution in [3.63, 3.8) is 0 Å². The molecule has 2 aromatic rings. The molecule has 1 fully saturated rings. The zero-order valence-corrected chi connectivity index (χ0v) is 10.1. The second kappa shape index (κ2) is 4.87. The van der Waals surface area contributed by atoms with Gasteiger partial charge in [0, 0.05) is 24.1 Å². The van der Waals surface area contributed by atoms with E-state index in [1.807, 2.05) is 10.8 Å². The van der Waals surface area contributed by atoms with E-state index in [-0.39, 0.29) is 5.75 Å². The lowest BCUT2D eigenvalue weighted by Crippen LogP contribution is -2.07. The summed E-state index contributed by atoms with van der Waals surface area (Å²) in [5.74, 6) is 0.917. The molecule has 1 aliphatic rings. The summed E-state index contributed by atoms with van der Waals surface area (Å²) < 4.78 is 30.3. The number of ether oxygens (including phenoxy) is 1. The second-order valence-electron chi connectivity index (χ2n) is 4.41. The molecular weight excluding hydrogens is 252 g/mol. The molecule has 1 aliphatic carbocycles. The highest BCUT2D eigenvalue weighted by Gasteiger charge is 2.22. The number of rotatable bonds is 5. The van der Waals surface area contributed by atoms with Crippen molar-refractivity contribution >= 4 is 5.95 Å².